The Kier molecular flexibility index (Phi) is 14.3. The van der Waals surface area contributed by atoms with Crippen LogP contribution in [0, 0.1) is 6.92 Å². The minimum atomic E-state index is -1.82. The third kappa shape index (κ3) is 13.6. The molecule has 0 saturated carbocycles. The number of carboxylic acid groups (broad SMARTS) is 6. The third-order valence-corrected chi connectivity index (χ3v) is 4.49. The van der Waals surface area contributed by atoms with Crippen LogP contribution in [0.25, 0.3) is 10.9 Å². The zero-order valence-electron chi connectivity index (χ0n) is 21.1. The molecule has 0 spiro atoms. The third-order valence-electron chi connectivity index (χ3n) is 4.49. The van der Waals surface area contributed by atoms with Gasteiger partial charge in [0.05, 0.1) is 0 Å². The van der Waals surface area contributed by atoms with Gasteiger partial charge in [-0.3, -0.25) is 0 Å². The summed E-state index contributed by atoms with van der Waals surface area (Å²) in [6.45, 7) is 3.98. The average Bonchev–Trinajstić information content (AvgIpc) is 3.44. The van der Waals surface area contributed by atoms with E-state index in [2.05, 4.69) is 57.9 Å². The highest BCUT2D eigenvalue weighted by Crippen LogP contribution is 2.21. The van der Waals surface area contributed by atoms with Crippen molar-refractivity contribution in [2.24, 2.45) is 0 Å². The number of carboxylic acids is 6. The van der Waals surface area contributed by atoms with Crippen molar-refractivity contribution >= 4 is 46.7 Å². The highest BCUT2D eigenvalue weighted by atomic mass is 16.5. The Hall–Kier alpha value is -5.25. The Morgan fingerprint density at radius 2 is 1.33 bits per heavy atom. The van der Waals surface area contributed by atoms with E-state index in [0.29, 0.717) is 0 Å². The number of imidazole rings is 1. The van der Waals surface area contributed by atoms with Gasteiger partial charge in [0.2, 0.25) is 0 Å². The first-order valence-electron chi connectivity index (χ1n) is 10.7. The monoisotopic (exact) mass is 552 g/mol. The van der Waals surface area contributed by atoms with Crippen LogP contribution in [0.2, 0.25) is 0 Å². The summed E-state index contributed by atoms with van der Waals surface area (Å²) in [5.41, 5.74) is 3.92. The topological polar surface area (TPSA) is 261 Å². The lowest BCUT2D eigenvalue weighted by Crippen LogP contribution is -2.14. The number of aromatic nitrogens is 3. The van der Waals surface area contributed by atoms with Gasteiger partial charge in [-0.05, 0) is 50.7 Å². The lowest BCUT2D eigenvalue weighted by Gasteiger charge is -2.09. The van der Waals surface area contributed by atoms with Crippen LogP contribution in [0.1, 0.15) is 17.0 Å². The van der Waals surface area contributed by atoms with E-state index in [-0.39, 0.29) is 0 Å². The SMILES string of the molecule is Cc1nccn1Cc1ccc2[nH]cc(CCN(C)C)c2c1.O=C(O)C(=O)O.O=C(O)C(=O)O.O=C(O)C(=O)O. The molecule has 1 aromatic carbocycles. The minimum absolute atomic E-state index is 0.875. The van der Waals surface area contributed by atoms with Crippen LogP contribution < -0.4 is 0 Å². The largest absolute Gasteiger partial charge is 0.473 e. The van der Waals surface area contributed by atoms with E-state index in [1.54, 1.807) is 0 Å². The van der Waals surface area contributed by atoms with E-state index in [9.17, 15) is 0 Å². The maximum absolute atomic E-state index is 9.10. The van der Waals surface area contributed by atoms with Gasteiger partial charge in [0.1, 0.15) is 5.82 Å². The maximum Gasteiger partial charge on any atom is 0.414 e. The van der Waals surface area contributed by atoms with E-state index in [0.717, 1.165) is 25.3 Å². The van der Waals surface area contributed by atoms with Crippen molar-refractivity contribution in [3.8, 4) is 0 Å². The number of nitrogens with zero attached hydrogens (tertiary/aromatic N) is 3. The molecule has 0 amide bonds. The standard InChI is InChI=1S/C17H22N4.3C2H2O4/c1-13-18-7-9-21(13)12-14-4-5-17-16(10-14)15(11-19-17)6-8-20(2)3;3*3-1(4)2(5)6/h4-5,7,9-11,19H,6,8,12H2,1-3H3;3*(H,3,4)(H,5,6). The number of aromatic amines is 1. The summed E-state index contributed by atoms with van der Waals surface area (Å²) in [6.07, 6.45) is 7.09. The van der Waals surface area contributed by atoms with Crippen molar-refractivity contribution in [1.82, 2.24) is 19.4 Å². The Bertz CT molecular complexity index is 1220. The summed E-state index contributed by atoms with van der Waals surface area (Å²) >= 11 is 0. The van der Waals surface area contributed by atoms with Crippen LogP contribution in [-0.2, 0) is 41.7 Å². The number of fused-ring (bicyclic) bond motifs is 1. The molecule has 3 aromatic rings. The van der Waals surface area contributed by atoms with Crippen LogP contribution in [-0.4, -0.2) is 107 Å². The van der Waals surface area contributed by atoms with Crippen LogP contribution in [0.4, 0.5) is 0 Å². The number of rotatable bonds is 5. The molecule has 16 nitrogen and oxygen atoms in total. The predicted molar refractivity (Wildman–Crippen MR) is 132 cm³/mol. The zero-order valence-corrected chi connectivity index (χ0v) is 21.1. The molecule has 3 rings (SSSR count). The number of hydrogen-bond acceptors (Lipinski definition) is 8. The number of aliphatic carboxylic acids is 6. The number of H-pyrrole nitrogens is 1. The van der Waals surface area contributed by atoms with Crippen molar-refractivity contribution < 1.29 is 59.4 Å². The molecule has 2 heterocycles. The lowest BCUT2D eigenvalue weighted by atomic mass is 10.1. The van der Waals surface area contributed by atoms with Crippen molar-refractivity contribution in [3.05, 3.63) is 53.7 Å². The highest BCUT2D eigenvalue weighted by molar-refractivity contribution is 6.28. The molecule has 0 aliphatic carbocycles. The first-order chi connectivity index (χ1) is 18.1. The van der Waals surface area contributed by atoms with Crippen LogP contribution in [0.5, 0.6) is 0 Å². The van der Waals surface area contributed by atoms with Gasteiger partial charge in [0.25, 0.3) is 0 Å². The van der Waals surface area contributed by atoms with Gasteiger partial charge in [0.15, 0.2) is 0 Å². The molecule has 0 atom stereocenters. The Morgan fingerprint density at radius 3 is 1.72 bits per heavy atom. The summed E-state index contributed by atoms with van der Waals surface area (Å²) in [5, 5.41) is 45.7. The fourth-order valence-electron chi connectivity index (χ4n) is 2.64. The molecule has 0 aliphatic heterocycles. The van der Waals surface area contributed by atoms with Gasteiger partial charge in [0, 0.05) is 42.6 Å². The zero-order chi connectivity index (χ0) is 30.3. The van der Waals surface area contributed by atoms with E-state index in [1.807, 2.05) is 19.3 Å². The van der Waals surface area contributed by atoms with E-state index in [1.165, 1.54) is 22.0 Å². The minimum Gasteiger partial charge on any atom is -0.473 e. The molecule has 39 heavy (non-hydrogen) atoms. The van der Waals surface area contributed by atoms with Crippen molar-refractivity contribution in [1.29, 1.82) is 0 Å². The van der Waals surface area contributed by atoms with Gasteiger partial charge in [-0.25, -0.2) is 33.8 Å². The summed E-state index contributed by atoms with van der Waals surface area (Å²) in [5.74, 6) is -9.89. The predicted octanol–water partition coefficient (Wildman–Crippen LogP) is 0.292. The van der Waals surface area contributed by atoms with Crippen molar-refractivity contribution in [2.75, 3.05) is 20.6 Å². The van der Waals surface area contributed by atoms with Gasteiger partial charge in [-0.1, -0.05) is 6.07 Å². The number of benzene rings is 1. The van der Waals surface area contributed by atoms with Crippen molar-refractivity contribution in [2.45, 2.75) is 19.9 Å². The van der Waals surface area contributed by atoms with E-state index in [4.69, 9.17) is 59.4 Å². The Labute approximate surface area is 220 Å². The molecule has 0 bridgehead atoms. The van der Waals surface area contributed by atoms with E-state index >= 15 is 0 Å². The summed E-state index contributed by atoms with van der Waals surface area (Å²) < 4.78 is 2.17. The van der Waals surface area contributed by atoms with E-state index < -0.39 is 35.8 Å². The summed E-state index contributed by atoms with van der Waals surface area (Å²) in [6, 6.07) is 6.67. The fourth-order valence-corrected chi connectivity index (χ4v) is 2.64. The first-order valence-corrected chi connectivity index (χ1v) is 10.7. The fraction of sp³-hybridized carbons (Fsp3) is 0.261. The number of aryl methyl sites for hydroxylation is 1. The second kappa shape index (κ2) is 16.5. The number of nitrogens with one attached hydrogen (secondary N) is 1. The first kappa shape index (κ1) is 33.8. The number of carbonyl (C=O) groups is 6. The second-order valence-corrected chi connectivity index (χ2v) is 7.68. The van der Waals surface area contributed by atoms with Crippen LogP contribution in [0.3, 0.4) is 0 Å². The highest BCUT2D eigenvalue weighted by Gasteiger charge is 2.07. The van der Waals surface area contributed by atoms with Gasteiger partial charge >= 0.3 is 35.8 Å². The van der Waals surface area contributed by atoms with Gasteiger partial charge in [-0.2, -0.15) is 0 Å². The Morgan fingerprint density at radius 1 is 0.846 bits per heavy atom. The smallest absolute Gasteiger partial charge is 0.414 e. The molecule has 7 N–H and O–H groups in total. The molecular formula is C23H28N4O12. The van der Waals surface area contributed by atoms with Crippen molar-refractivity contribution in [3.63, 3.8) is 0 Å². The quantitative estimate of drug-likeness (QED) is 0.210. The molecule has 0 unspecified atom stereocenters. The molecule has 0 aliphatic rings. The van der Waals surface area contributed by atoms with Gasteiger partial charge in [-0.15, -0.1) is 0 Å². The van der Waals surface area contributed by atoms with Crippen LogP contribution in [0.15, 0.2) is 36.8 Å². The molecule has 2 aromatic heterocycles. The number of likely N-dealkylation sites (N-methyl/N-ethyl adjacent to an activating group) is 1. The summed E-state index contributed by atoms with van der Waals surface area (Å²) in [7, 11) is 4.23. The molecule has 0 saturated heterocycles. The van der Waals surface area contributed by atoms with Gasteiger partial charge < -0.3 is 45.1 Å². The average molecular weight is 552 g/mol. The molecule has 0 fully saturated rings. The Balaban J connectivity index is 0.000000658. The molecule has 212 valence electrons. The lowest BCUT2D eigenvalue weighted by molar-refractivity contribution is -0.159. The second-order valence-electron chi connectivity index (χ2n) is 7.68. The molecule has 0 radical (unpaired) electrons. The normalized spacial score (nSPS) is 9.64. The number of hydrogen-bond donors (Lipinski definition) is 7. The van der Waals surface area contributed by atoms with Crippen LogP contribution >= 0.6 is 0 Å². The summed E-state index contributed by atoms with van der Waals surface area (Å²) in [4.78, 5) is 64.5. The maximum atomic E-state index is 9.10. The molecular weight excluding hydrogens is 524 g/mol. The molecule has 16 heteroatoms.